The highest BCUT2D eigenvalue weighted by atomic mass is 19.1. The third kappa shape index (κ3) is 6.03. The molecule has 3 aliphatic heterocycles. The van der Waals surface area contributed by atoms with E-state index in [1.165, 1.54) is 4.90 Å². The average molecular weight is 598 g/mol. The number of nitrogens with one attached hydrogen (secondary N) is 2. The molecule has 4 aliphatic rings. The number of ether oxygens (including phenoxy) is 2. The topological polar surface area (TPSA) is 113 Å². The number of nitrogens with zero attached hydrogens (tertiary/aromatic N) is 5. The van der Waals surface area contributed by atoms with Crippen LogP contribution in [0.25, 0.3) is 5.65 Å². The van der Waals surface area contributed by atoms with Crippen LogP contribution in [0.2, 0.25) is 0 Å². The first-order chi connectivity index (χ1) is 20.4. The molecule has 3 saturated heterocycles. The largest absolute Gasteiger partial charge is 0.472 e. The Labute approximate surface area is 252 Å². The first-order valence-corrected chi connectivity index (χ1v) is 15.6. The lowest BCUT2D eigenvalue weighted by atomic mass is 9.91. The van der Waals surface area contributed by atoms with E-state index >= 15 is 0 Å². The number of fused-ring (bicyclic) bond motifs is 3. The zero-order valence-corrected chi connectivity index (χ0v) is 25.7. The van der Waals surface area contributed by atoms with Crippen molar-refractivity contribution in [1.82, 2.24) is 29.7 Å². The molecule has 12 heteroatoms. The number of halogens is 1. The number of anilines is 1. The molecule has 4 fully saturated rings. The quantitative estimate of drug-likeness (QED) is 0.456. The molecule has 0 spiro atoms. The highest BCUT2D eigenvalue weighted by molar-refractivity contribution is 5.90. The molecule has 1 saturated carbocycles. The van der Waals surface area contributed by atoms with E-state index in [1.807, 2.05) is 10.6 Å². The average Bonchev–Trinajstić information content (AvgIpc) is 3.65. The van der Waals surface area contributed by atoms with Gasteiger partial charge in [0, 0.05) is 44.3 Å². The van der Waals surface area contributed by atoms with Crippen molar-refractivity contribution in [2.75, 3.05) is 38.0 Å². The first-order valence-electron chi connectivity index (χ1n) is 15.6. The summed E-state index contributed by atoms with van der Waals surface area (Å²) in [5, 5.41) is 12.3. The number of carbonyl (C=O) groups is 2. The zero-order chi connectivity index (χ0) is 30.5. The Hall–Kier alpha value is -3.41. The van der Waals surface area contributed by atoms with Gasteiger partial charge in [0.2, 0.25) is 5.88 Å². The highest BCUT2D eigenvalue weighted by Crippen LogP contribution is 2.43. The molecule has 0 aromatic carbocycles. The summed E-state index contributed by atoms with van der Waals surface area (Å²) in [6, 6.07) is 1.93. The van der Waals surface area contributed by atoms with Crippen molar-refractivity contribution < 1.29 is 23.5 Å². The number of aromatic nitrogens is 3. The maximum Gasteiger partial charge on any atom is 0.410 e. The van der Waals surface area contributed by atoms with Gasteiger partial charge in [0.1, 0.15) is 18.0 Å². The van der Waals surface area contributed by atoms with Crippen LogP contribution in [-0.2, 0) is 9.53 Å². The van der Waals surface area contributed by atoms with Crippen molar-refractivity contribution >= 4 is 23.5 Å². The van der Waals surface area contributed by atoms with Crippen molar-refractivity contribution in [2.45, 2.75) is 95.4 Å². The molecular weight excluding hydrogens is 553 g/mol. The van der Waals surface area contributed by atoms with Gasteiger partial charge >= 0.3 is 6.09 Å². The lowest BCUT2D eigenvalue weighted by Crippen LogP contribution is -2.54. The SMILES string of the molecule is C=C(F)C(=O)N1CCC(OC(=O)N2CC3CCC(Nc4ccnc5c(C(C)C)c(O[C@@H]6CCC(C)(C)NC6)nn45)(C3)C2)C1. The second kappa shape index (κ2) is 11.3. The summed E-state index contributed by atoms with van der Waals surface area (Å²) in [6.07, 6.45) is 6.33. The van der Waals surface area contributed by atoms with E-state index in [9.17, 15) is 14.0 Å². The minimum atomic E-state index is -0.996. The van der Waals surface area contributed by atoms with Gasteiger partial charge in [0.25, 0.3) is 5.91 Å². The molecule has 234 valence electrons. The van der Waals surface area contributed by atoms with Gasteiger partial charge in [-0.1, -0.05) is 20.4 Å². The monoisotopic (exact) mass is 597 g/mol. The van der Waals surface area contributed by atoms with Gasteiger partial charge in [0.05, 0.1) is 17.6 Å². The molecule has 43 heavy (non-hydrogen) atoms. The molecule has 3 unspecified atom stereocenters. The second-order valence-corrected chi connectivity index (χ2v) is 13.8. The van der Waals surface area contributed by atoms with Crippen LogP contribution in [0.3, 0.4) is 0 Å². The van der Waals surface area contributed by atoms with Crippen LogP contribution in [0.1, 0.15) is 77.7 Å². The van der Waals surface area contributed by atoms with Gasteiger partial charge in [-0.3, -0.25) is 4.79 Å². The predicted molar refractivity (Wildman–Crippen MR) is 160 cm³/mol. The minimum absolute atomic E-state index is 0.0415. The number of carbonyl (C=O) groups excluding carboxylic acids is 2. The van der Waals surface area contributed by atoms with Crippen LogP contribution in [0.4, 0.5) is 15.0 Å². The number of hydrogen-bond acceptors (Lipinski definition) is 8. The normalized spacial score (nSPS) is 28.4. The number of rotatable bonds is 7. The summed E-state index contributed by atoms with van der Waals surface area (Å²) in [7, 11) is 0. The van der Waals surface area contributed by atoms with Crippen LogP contribution >= 0.6 is 0 Å². The number of piperidine rings is 2. The van der Waals surface area contributed by atoms with Crippen molar-refractivity contribution in [2.24, 2.45) is 5.92 Å². The van der Waals surface area contributed by atoms with Gasteiger partial charge in [-0.05, 0) is 63.9 Å². The molecule has 1 aliphatic carbocycles. The third-order valence-electron chi connectivity index (χ3n) is 9.54. The van der Waals surface area contributed by atoms with Gasteiger partial charge in [-0.25, -0.2) is 14.2 Å². The van der Waals surface area contributed by atoms with Gasteiger partial charge in [-0.15, -0.1) is 5.10 Å². The summed E-state index contributed by atoms with van der Waals surface area (Å²) in [5.41, 5.74) is 1.54. The van der Waals surface area contributed by atoms with Gasteiger partial charge in [0.15, 0.2) is 11.5 Å². The number of hydrogen-bond donors (Lipinski definition) is 2. The molecule has 4 atom stereocenters. The Kier molecular flexibility index (Phi) is 7.76. The molecule has 5 heterocycles. The number of likely N-dealkylation sites (tertiary alicyclic amines) is 2. The summed E-state index contributed by atoms with van der Waals surface area (Å²) in [6.45, 7) is 14.2. The molecule has 6 rings (SSSR count). The standard InChI is InChI=1S/C31H44FN7O4/c1-19(2)25-26-33-12-8-24(39(26)36-27(25)42-22-7-10-30(4,5)34-15-22)35-31-11-6-21(14-31)16-38(18-31)29(41)43-23-9-13-37(17-23)28(40)20(3)32/h8,12,19,21-23,34-35H,3,6-7,9-11,13-18H2,1-2,4-5H3/t21?,22-,23?,31?/m1/s1. The molecule has 2 aromatic heterocycles. The lowest BCUT2D eigenvalue weighted by Gasteiger charge is -2.41. The predicted octanol–water partition coefficient (Wildman–Crippen LogP) is 4.25. The maximum absolute atomic E-state index is 13.3. The Balaban J connectivity index is 1.18. The summed E-state index contributed by atoms with van der Waals surface area (Å²) >= 11 is 0. The summed E-state index contributed by atoms with van der Waals surface area (Å²) in [5.74, 6) is 0.226. The van der Waals surface area contributed by atoms with Crippen molar-refractivity contribution in [3.8, 4) is 5.88 Å². The molecule has 2 N–H and O–H groups in total. The fourth-order valence-electron chi connectivity index (χ4n) is 7.23. The molecule has 2 aromatic rings. The van der Waals surface area contributed by atoms with Crippen LogP contribution in [0.5, 0.6) is 5.88 Å². The molecule has 0 radical (unpaired) electrons. The van der Waals surface area contributed by atoms with E-state index in [4.69, 9.17) is 19.6 Å². The summed E-state index contributed by atoms with van der Waals surface area (Å²) in [4.78, 5) is 33.0. The Morgan fingerprint density at radius 1 is 1.16 bits per heavy atom. The van der Waals surface area contributed by atoms with E-state index in [2.05, 4.69) is 44.9 Å². The Bertz CT molecular complexity index is 1400. The van der Waals surface area contributed by atoms with E-state index in [0.717, 1.165) is 55.7 Å². The fourth-order valence-corrected chi connectivity index (χ4v) is 7.23. The van der Waals surface area contributed by atoms with E-state index in [1.54, 1.807) is 11.1 Å². The maximum atomic E-state index is 13.3. The zero-order valence-electron chi connectivity index (χ0n) is 25.7. The van der Waals surface area contributed by atoms with Crippen LogP contribution < -0.4 is 15.4 Å². The summed E-state index contributed by atoms with van der Waals surface area (Å²) < 4.78 is 27.5. The van der Waals surface area contributed by atoms with E-state index in [-0.39, 0.29) is 29.6 Å². The van der Waals surface area contributed by atoms with Crippen LogP contribution in [0, 0.1) is 5.92 Å². The molecular formula is C31H44FN7O4. The van der Waals surface area contributed by atoms with E-state index < -0.39 is 23.9 Å². The fraction of sp³-hybridized carbons (Fsp3) is 0.677. The molecule has 2 bridgehead atoms. The highest BCUT2D eigenvalue weighted by Gasteiger charge is 2.47. The first kappa shape index (κ1) is 29.7. The van der Waals surface area contributed by atoms with Crippen molar-refractivity contribution in [3.63, 3.8) is 0 Å². The van der Waals surface area contributed by atoms with Crippen LogP contribution in [0.15, 0.2) is 24.7 Å². The van der Waals surface area contributed by atoms with Gasteiger partial charge in [-0.2, -0.15) is 4.52 Å². The number of amides is 2. The second-order valence-electron chi connectivity index (χ2n) is 13.8. The molecule has 11 nitrogen and oxygen atoms in total. The van der Waals surface area contributed by atoms with E-state index in [0.29, 0.717) is 37.9 Å². The van der Waals surface area contributed by atoms with Crippen molar-refractivity contribution in [3.05, 3.63) is 30.2 Å². The molecule has 2 amide bonds. The Morgan fingerprint density at radius 3 is 2.70 bits per heavy atom. The smallest absolute Gasteiger partial charge is 0.410 e. The third-order valence-corrected chi connectivity index (χ3v) is 9.54. The van der Waals surface area contributed by atoms with Gasteiger partial charge < -0.3 is 29.9 Å². The minimum Gasteiger partial charge on any atom is -0.472 e. The van der Waals surface area contributed by atoms with Crippen molar-refractivity contribution in [1.29, 1.82) is 0 Å². The lowest BCUT2D eigenvalue weighted by molar-refractivity contribution is -0.128. The Morgan fingerprint density at radius 2 is 1.98 bits per heavy atom. The van der Waals surface area contributed by atoms with Crippen LogP contribution in [-0.4, -0.2) is 92.4 Å².